The van der Waals surface area contributed by atoms with Gasteiger partial charge in [-0.15, -0.1) is 0 Å². The molecule has 8 nitrogen and oxygen atoms in total. The number of amides is 2. The van der Waals surface area contributed by atoms with Crippen LogP contribution >= 0.6 is 34.8 Å². The van der Waals surface area contributed by atoms with Crippen LogP contribution in [0.2, 0.25) is 15.1 Å². The van der Waals surface area contributed by atoms with E-state index in [4.69, 9.17) is 39.5 Å². The lowest BCUT2D eigenvalue weighted by Gasteiger charge is -2.34. The summed E-state index contributed by atoms with van der Waals surface area (Å²) >= 11 is 18.6. The van der Waals surface area contributed by atoms with E-state index in [1.54, 1.807) is 49.4 Å². The molecular weight excluding hydrogens is 621 g/mol. The highest BCUT2D eigenvalue weighted by atomic mass is 35.5. The summed E-state index contributed by atoms with van der Waals surface area (Å²) in [6.07, 6.45) is 0.974. The van der Waals surface area contributed by atoms with Crippen molar-refractivity contribution in [1.29, 1.82) is 0 Å². The van der Waals surface area contributed by atoms with Crippen LogP contribution < -0.4 is 14.4 Å². The lowest BCUT2D eigenvalue weighted by atomic mass is 10.1. The van der Waals surface area contributed by atoms with Crippen molar-refractivity contribution in [2.45, 2.75) is 57.1 Å². The van der Waals surface area contributed by atoms with Crippen LogP contribution in [0.5, 0.6) is 5.75 Å². The average Bonchev–Trinajstić information content (AvgIpc) is 2.97. The minimum absolute atomic E-state index is 0.0198. The van der Waals surface area contributed by atoms with E-state index in [1.165, 1.54) is 36.3 Å². The number of nitrogens with zero attached hydrogens (tertiary/aromatic N) is 2. The molecule has 0 aliphatic carbocycles. The first-order valence-corrected chi connectivity index (χ1v) is 15.9. The number of hydrogen-bond donors (Lipinski definition) is 1. The number of nitrogens with one attached hydrogen (secondary N) is 1. The van der Waals surface area contributed by atoms with Gasteiger partial charge in [0, 0.05) is 17.6 Å². The molecule has 0 heterocycles. The second kappa shape index (κ2) is 15.0. The molecule has 0 fully saturated rings. The van der Waals surface area contributed by atoms with Gasteiger partial charge in [-0.25, -0.2) is 8.42 Å². The van der Waals surface area contributed by atoms with E-state index >= 15 is 0 Å². The van der Waals surface area contributed by atoms with Gasteiger partial charge in [-0.1, -0.05) is 72.9 Å². The Labute approximate surface area is 262 Å². The highest BCUT2D eigenvalue weighted by Crippen LogP contribution is 2.35. The molecular formula is C30H34Cl3N3O5S. The van der Waals surface area contributed by atoms with E-state index in [-0.39, 0.29) is 51.3 Å². The summed E-state index contributed by atoms with van der Waals surface area (Å²) < 4.78 is 34.4. The normalized spacial score (nSPS) is 12.7. The van der Waals surface area contributed by atoms with Gasteiger partial charge in [0.15, 0.2) is 0 Å². The van der Waals surface area contributed by atoms with Gasteiger partial charge in [0.05, 0.1) is 27.7 Å². The number of benzene rings is 3. The third kappa shape index (κ3) is 8.10. The third-order valence-corrected chi connectivity index (χ3v) is 9.49. The van der Waals surface area contributed by atoms with Crippen molar-refractivity contribution in [3.63, 3.8) is 0 Å². The first kappa shape index (κ1) is 33.5. The third-order valence-electron chi connectivity index (χ3n) is 6.74. The van der Waals surface area contributed by atoms with Gasteiger partial charge in [-0.05, 0) is 67.8 Å². The molecule has 2 atom stereocenters. The molecule has 2 amide bonds. The van der Waals surface area contributed by atoms with E-state index < -0.39 is 28.5 Å². The Morgan fingerprint density at radius 1 is 0.929 bits per heavy atom. The fraction of sp³-hybridized carbons (Fsp3) is 0.333. The summed E-state index contributed by atoms with van der Waals surface area (Å²) in [4.78, 5) is 28.9. The number of rotatable bonds is 13. The number of methoxy groups -OCH3 is 1. The van der Waals surface area contributed by atoms with Crippen molar-refractivity contribution < 1.29 is 22.7 Å². The summed E-state index contributed by atoms with van der Waals surface area (Å²) in [5.74, 6) is -0.767. The lowest BCUT2D eigenvalue weighted by Crippen LogP contribution is -2.53. The minimum atomic E-state index is -4.28. The van der Waals surface area contributed by atoms with E-state index in [0.717, 1.165) is 4.31 Å². The molecule has 226 valence electrons. The van der Waals surface area contributed by atoms with E-state index in [1.807, 2.05) is 13.8 Å². The first-order valence-electron chi connectivity index (χ1n) is 13.4. The number of sulfonamides is 1. The minimum Gasteiger partial charge on any atom is -0.495 e. The zero-order chi connectivity index (χ0) is 31.0. The maximum Gasteiger partial charge on any atom is 0.264 e. The van der Waals surface area contributed by atoms with Gasteiger partial charge in [0.1, 0.15) is 18.3 Å². The molecule has 1 N–H and O–H groups in total. The lowest BCUT2D eigenvalue weighted by molar-refractivity contribution is -0.140. The molecule has 0 aliphatic rings. The zero-order valence-electron chi connectivity index (χ0n) is 23.8. The maximum atomic E-state index is 14.2. The Morgan fingerprint density at radius 2 is 1.62 bits per heavy atom. The predicted molar refractivity (Wildman–Crippen MR) is 168 cm³/mol. The summed E-state index contributed by atoms with van der Waals surface area (Å²) in [5, 5.41) is 3.82. The van der Waals surface area contributed by atoms with Crippen molar-refractivity contribution in [3.8, 4) is 5.75 Å². The van der Waals surface area contributed by atoms with Crippen molar-refractivity contribution in [2.24, 2.45) is 0 Å². The Hall–Kier alpha value is -2.98. The Bertz CT molecular complexity index is 1510. The van der Waals surface area contributed by atoms with E-state index in [2.05, 4.69) is 5.32 Å². The Kier molecular flexibility index (Phi) is 11.9. The van der Waals surface area contributed by atoms with Gasteiger partial charge in [0.2, 0.25) is 11.8 Å². The molecule has 0 aromatic heterocycles. The molecule has 0 saturated carbocycles. The van der Waals surface area contributed by atoms with Crippen molar-refractivity contribution in [2.75, 3.05) is 18.0 Å². The molecule has 42 heavy (non-hydrogen) atoms. The van der Waals surface area contributed by atoms with Crippen LogP contribution in [0, 0.1) is 0 Å². The highest BCUT2D eigenvalue weighted by molar-refractivity contribution is 7.92. The average molecular weight is 655 g/mol. The fourth-order valence-electron chi connectivity index (χ4n) is 4.29. The molecule has 0 unspecified atom stereocenters. The van der Waals surface area contributed by atoms with Gasteiger partial charge in [-0.2, -0.15) is 0 Å². The zero-order valence-corrected chi connectivity index (χ0v) is 26.9. The highest BCUT2D eigenvalue weighted by Gasteiger charge is 2.35. The molecule has 3 aromatic rings. The molecule has 3 aromatic carbocycles. The van der Waals surface area contributed by atoms with Gasteiger partial charge >= 0.3 is 0 Å². The first-order chi connectivity index (χ1) is 19.9. The summed E-state index contributed by atoms with van der Waals surface area (Å²) in [6, 6.07) is 16.1. The SMILES string of the molecule is CC[C@@H](C)NC(=O)[C@@H](CC)N(Cc1ccc(Cl)c(Cl)c1)C(=O)CN(c1cc(Cl)ccc1OC)S(=O)(=O)c1ccccc1. The Balaban J connectivity index is 2.13. The molecule has 0 radical (unpaired) electrons. The monoisotopic (exact) mass is 653 g/mol. The quantitative estimate of drug-likeness (QED) is 0.225. The second-order valence-corrected chi connectivity index (χ2v) is 12.8. The summed E-state index contributed by atoms with van der Waals surface area (Å²) in [7, 11) is -2.89. The standard InChI is InChI=1S/C30H34Cl3N3O5S/c1-5-20(3)34-30(38)26(6-2)35(18-21-12-14-24(32)25(33)16-21)29(37)19-36(27-17-22(31)13-15-28(27)41-4)42(39,40)23-10-8-7-9-11-23/h7-17,20,26H,5-6,18-19H2,1-4H3,(H,34,38)/t20-,26-/m1/s1. The molecule has 0 bridgehead atoms. The molecule has 12 heteroatoms. The van der Waals surface area contributed by atoms with E-state index in [9.17, 15) is 18.0 Å². The molecule has 0 aliphatic heterocycles. The van der Waals surface area contributed by atoms with Crippen LogP contribution in [0.3, 0.4) is 0 Å². The van der Waals surface area contributed by atoms with Crippen molar-refractivity contribution in [1.82, 2.24) is 10.2 Å². The molecule has 3 rings (SSSR count). The van der Waals surface area contributed by atoms with Crippen molar-refractivity contribution >= 4 is 62.3 Å². The van der Waals surface area contributed by atoms with Crippen LogP contribution in [0.25, 0.3) is 0 Å². The number of anilines is 1. The van der Waals surface area contributed by atoms with Crippen molar-refractivity contribution in [3.05, 3.63) is 87.4 Å². The van der Waals surface area contributed by atoms with Crippen LogP contribution in [0.4, 0.5) is 5.69 Å². The topological polar surface area (TPSA) is 96.0 Å². The van der Waals surface area contributed by atoms with Gasteiger partial charge in [0.25, 0.3) is 10.0 Å². The van der Waals surface area contributed by atoms with Crippen LogP contribution in [-0.4, -0.2) is 50.9 Å². The van der Waals surface area contributed by atoms with Gasteiger partial charge in [-0.3, -0.25) is 13.9 Å². The largest absolute Gasteiger partial charge is 0.495 e. The molecule has 0 saturated heterocycles. The maximum absolute atomic E-state index is 14.2. The number of halogens is 3. The van der Waals surface area contributed by atoms with E-state index in [0.29, 0.717) is 17.0 Å². The van der Waals surface area contributed by atoms with Gasteiger partial charge < -0.3 is 15.0 Å². The van der Waals surface area contributed by atoms with Crippen LogP contribution in [0.1, 0.15) is 39.2 Å². The summed E-state index contributed by atoms with van der Waals surface area (Å²) in [5.41, 5.74) is 0.694. The number of carbonyl (C=O) groups excluding carboxylic acids is 2. The van der Waals surface area contributed by atoms with Crippen LogP contribution in [-0.2, 0) is 26.2 Å². The fourth-order valence-corrected chi connectivity index (χ4v) is 6.21. The molecule has 0 spiro atoms. The Morgan fingerprint density at radius 3 is 2.21 bits per heavy atom. The number of carbonyl (C=O) groups is 2. The second-order valence-electron chi connectivity index (χ2n) is 9.65. The number of hydrogen-bond acceptors (Lipinski definition) is 5. The van der Waals surface area contributed by atoms with Crippen LogP contribution in [0.15, 0.2) is 71.6 Å². The predicted octanol–water partition coefficient (Wildman–Crippen LogP) is 6.57. The number of ether oxygens (including phenoxy) is 1. The smallest absolute Gasteiger partial charge is 0.264 e. The summed E-state index contributed by atoms with van der Waals surface area (Å²) in [6.45, 7) is 4.94.